The largest absolute Gasteiger partial charge is 0.467 e. The molecule has 0 saturated carbocycles. The van der Waals surface area contributed by atoms with Crippen molar-refractivity contribution in [1.29, 1.82) is 0 Å². The lowest BCUT2D eigenvalue weighted by Crippen LogP contribution is -2.67. The van der Waals surface area contributed by atoms with E-state index in [2.05, 4.69) is 10.6 Å². The van der Waals surface area contributed by atoms with E-state index in [-0.39, 0.29) is 5.91 Å². The van der Waals surface area contributed by atoms with Crippen molar-refractivity contribution >= 4 is 17.8 Å². The zero-order valence-corrected chi connectivity index (χ0v) is 12.9. The molecule has 1 aromatic carbocycles. The van der Waals surface area contributed by atoms with Gasteiger partial charge in [-0.2, -0.15) is 0 Å². The van der Waals surface area contributed by atoms with Gasteiger partial charge in [0, 0.05) is 6.92 Å². The second-order valence-corrected chi connectivity index (χ2v) is 5.73. The van der Waals surface area contributed by atoms with Crippen LogP contribution >= 0.6 is 0 Å². The fraction of sp³-hybridized carbons (Fsp3) is 0.438. The Morgan fingerprint density at radius 3 is 2.36 bits per heavy atom. The molecular weight excluding hydrogens is 284 g/mol. The Morgan fingerprint density at radius 2 is 1.86 bits per heavy atom. The Hall–Kier alpha value is -2.37. The van der Waals surface area contributed by atoms with Gasteiger partial charge in [-0.3, -0.25) is 9.59 Å². The third-order valence-corrected chi connectivity index (χ3v) is 4.08. The molecule has 2 rings (SSSR count). The van der Waals surface area contributed by atoms with Crippen LogP contribution in [0.1, 0.15) is 32.3 Å². The molecule has 2 N–H and O–H groups in total. The molecule has 1 heterocycles. The number of benzene rings is 1. The molecule has 0 bridgehead atoms. The highest BCUT2D eigenvalue weighted by molar-refractivity contribution is 5.96. The minimum Gasteiger partial charge on any atom is -0.467 e. The van der Waals surface area contributed by atoms with Crippen molar-refractivity contribution in [2.45, 2.75) is 37.8 Å². The molecule has 2 atom stereocenters. The maximum Gasteiger partial charge on any atom is 0.336 e. The number of esters is 1. The van der Waals surface area contributed by atoms with Gasteiger partial charge in [-0.15, -0.1) is 0 Å². The molecule has 6 nitrogen and oxygen atoms in total. The van der Waals surface area contributed by atoms with Gasteiger partial charge in [0.2, 0.25) is 11.8 Å². The van der Waals surface area contributed by atoms with E-state index >= 15 is 0 Å². The molecule has 0 aliphatic carbocycles. The maximum atomic E-state index is 12.5. The number of methoxy groups -OCH3 is 1. The second-order valence-electron chi connectivity index (χ2n) is 5.73. The summed E-state index contributed by atoms with van der Waals surface area (Å²) in [5.74, 6) is -1.21. The summed E-state index contributed by atoms with van der Waals surface area (Å²) >= 11 is 0. The molecule has 1 aliphatic rings. The molecule has 0 spiro atoms. The first kappa shape index (κ1) is 16.0. The molecule has 1 saturated heterocycles. The smallest absolute Gasteiger partial charge is 0.336 e. The Kier molecular flexibility index (Phi) is 4.21. The van der Waals surface area contributed by atoms with Crippen LogP contribution in [0, 0.1) is 0 Å². The Morgan fingerprint density at radius 1 is 1.23 bits per heavy atom. The van der Waals surface area contributed by atoms with Gasteiger partial charge in [-0.05, 0) is 25.3 Å². The van der Waals surface area contributed by atoms with Crippen LogP contribution in [-0.2, 0) is 24.7 Å². The second kappa shape index (κ2) is 5.79. The highest BCUT2D eigenvalue weighted by atomic mass is 16.5. The normalized spacial score (nSPS) is 27.7. The van der Waals surface area contributed by atoms with Crippen molar-refractivity contribution < 1.29 is 19.1 Å². The van der Waals surface area contributed by atoms with Crippen molar-refractivity contribution in [3.63, 3.8) is 0 Å². The molecular formula is C16H20N2O4. The van der Waals surface area contributed by atoms with Gasteiger partial charge in [0.05, 0.1) is 7.11 Å². The number of hydrogen-bond acceptors (Lipinski definition) is 4. The van der Waals surface area contributed by atoms with Gasteiger partial charge in [-0.25, -0.2) is 4.79 Å². The third-order valence-electron chi connectivity index (χ3n) is 4.08. The minimum absolute atomic E-state index is 0.289. The zero-order chi connectivity index (χ0) is 16.4. The lowest BCUT2D eigenvalue weighted by Gasteiger charge is -2.43. The van der Waals surface area contributed by atoms with E-state index in [9.17, 15) is 14.4 Å². The van der Waals surface area contributed by atoms with Crippen molar-refractivity contribution in [2.24, 2.45) is 0 Å². The van der Waals surface area contributed by atoms with Gasteiger partial charge in [-0.1, -0.05) is 30.3 Å². The predicted molar refractivity (Wildman–Crippen MR) is 79.7 cm³/mol. The zero-order valence-electron chi connectivity index (χ0n) is 12.9. The molecule has 1 fully saturated rings. The number of rotatable bonds is 3. The van der Waals surface area contributed by atoms with Crippen molar-refractivity contribution in [1.82, 2.24) is 10.6 Å². The van der Waals surface area contributed by atoms with E-state index in [0.29, 0.717) is 18.4 Å². The van der Waals surface area contributed by atoms with Crippen LogP contribution < -0.4 is 10.6 Å². The summed E-state index contributed by atoms with van der Waals surface area (Å²) in [6.45, 7) is 3.01. The minimum atomic E-state index is -1.22. The van der Waals surface area contributed by atoms with Crippen LogP contribution in [0.2, 0.25) is 0 Å². The summed E-state index contributed by atoms with van der Waals surface area (Å²) in [6.07, 6.45) is 0.675. The molecule has 0 unspecified atom stereocenters. The number of ether oxygens (including phenoxy) is 1. The van der Waals surface area contributed by atoms with Crippen molar-refractivity contribution in [3.05, 3.63) is 35.9 Å². The van der Waals surface area contributed by atoms with Crippen LogP contribution in [0.15, 0.2) is 30.3 Å². The number of nitrogens with one attached hydrogen (secondary N) is 2. The summed E-state index contributed by atoms with van der Waals surface area (Å²) in [4.78, 5) is 36.2. The summed E-state index contributed by atoms with van der Waals surface area (Å²) in [7, 11) is 1.29. The molecule has 6 heteroatoms. The molecule has 2 amide bonds. The maximum absolute atomic E-state index is 12.5. The van der Waals surface area contributed by atoms with Crippen LogP contribution in [0.25, 0.3) is 0 Å². The highest BCUT2D eigenvalue weighted by Crippen LogP contribution is 2.35. The fourth-order valence-electron chi connectivity index (χ4n) is 2.84. The van der Waals surface area contributed by atoms with Gasteiger partial charge < -0.3 is 15.4 Å². The Labute approximate surface area is 129 Å². The van der Waals surface area contributed by atoms with Crippen LogP contribution in [0.3, 0.4) is 0 Å². The van der Waals surface area contributed by atoms with Crippen LogP contribution in [-0.4, -0.2) is 30.4 Å². The summed E-state index contributed by atoms with van der Waals surface area (Å²) in [5, 5.41) is 5.42. The van der Waals surface area contributed by atoms with Gasteiger partial charge in [0.15, 0.2) is 5.54 Å². The number of carbonyl (C=O) groups is 3. The first-order chi connectivity index (χ1) is 10.3. The van der Waals surface area contributed by atoms with E-state index in [1.165, 1.54) is 14.0 Å². The summed E-state index contributed by atoms with van der Waals surface area (Å²) in [5.41, 5.74) is -1.58. The van der Waals surface area contributed by atoms with Crippen molar-refractivity contribution in [2.75, 3.05) is 7.11 Å². The predicted octanol–water partition coefficient (Wildman–Crippen LogP) is 0.860. The van der Waals surface area contributed by atoms with Crippen LogP contribution in [0.4, 0.5) is 0 Å². The van der Waals surface area contributed by atoms with E-state index in [4.69, 9.17) is 4.74 Å². The SMILES string of the molecule is COC(=O)[C@]1(c2ccccc2)CC[C@](C)(NC(C)=O)C(=O)N1. The Bertz CT molecular complexity index is 601. The topological polar surface area (TPSA) is 84.5 Å². The van der Waals surface area contributed by atoms with Gasteiger partial charge in [0.1, 0.15) is 5.54 Å². The van der Waals surface area contributed by atoms with Gasteiger partial charge in [0.25, 0.3) is 0 Å². The standard InChI is InChI=1S/C16H20N2O4/c1-11(19)17-15(2)9-10-16(14(21)22-3,18-13(15)20)12-7-5-4-6-8-12/h4-8H,9-10H2,1-3H3,(H,17,19)(H,18,20)/t15-,16+/m0/s1. The lowest BCUT2D eigenvalue weighted by atomic mass is 9.76. The molecule has 1 aliphatic heterocycles. The lowest BCUT2D eigenvalue weighted by molar-refractivity contribution is -0.156. The number of hydrogen-bond donors (Lipinski definition) is 2. The van der Waals surface area contributed by atoms with E-state index in [0.717, 1.165) is 0 Å². The average Bonchev–Trinajstić information content (AvgIpc) is 2.49. The number of carbonyl (C=O) groups excluding carboxylic acids is 3. The third kappa shape index (κ3) is 2.68. The molecule has 118 valence electrons. The van der Waals surface area contributed by atoms with Gasteiger partial charge >= 0.3 is 5.97 Å². The first-order valence-corrected chi connectivity index (χ1v) is 7.09. The van der Waals surface area contributed by atoms with E-state index in [1.807, 2.05) is 6.07 Å². The molecule has 0 radical (unpaired) electrons. The number of piperidine rings is 1. The summed E-state index contributed by atoms with van der Waals surface area (Å²) in [6, 6.07) is 8.98. The number of amides is 2. The van der Waals surface area contributed by atoms with E-state index < -0.39 is 23.0 Å². The summed E-state index contributed by atoms with van der Waals surface area (Å²) < 4.78 is 4.90. The van der Waals surface area contributed by atoms with E-state index in [1.54, 1.807) is 31.2 Å². The highest BCUT2D eigenvalue weighted by Gasteiger charge is 2.52. The quantitative estimate of drug-likeness (QED) is 0.811. The first-order valence-electron chi connectivity index (χ1n) is 7.09. The van der Waals surface area contributed by atoms with Crippen LogP contribution in [0.5, 0.6) is 0 Å². The average molecular weight is 304 g/mol. The van der Waals surface area contributed by atoms with Crippen molar-refractivity contribution in [3.8, 4) is 0 Å². The molecule has 1 aromatic rings. The molecule has 22 heavy (non-hydrogen) atoms. The fourth-order valence-corrected chi connectivity index (χ4v) is 2.84. The monoisotopic (exact) mass is 304 g/mol. The molecule has 0 aromatic heterocycles. The Balaban J connectivity index is 2.38.